The number of morpholine rings is 1. The van der Waals surface area contributed by atoms with Crippen LogP contribution in [0.3, 0.4) is 0 Å². The first kappa shape index (κ1) is 25.6. The summed E-state index contributed by atoms with van der Waals surface area (Å²) in [6, 6.07) is 5.73. The van der Waals surface area contributed by atoms with Crippen molar-refractivity contribution in [2.24, 2.45) is 5.92 Å². The number of anilines is 2. The van der Waals surface area contributed by atoms with Crippen LogP contribution in [0.15, 0.2) is 34.9 Å². The SMILES string of the molecule is O=C(O)c1ccc2oc(C(=O)Nc3ccc(Cl)cn3)c(NC(=O)C3CCC(N4CCOCC4=O)CC3)c2n1.[HH]. The van der Waals surface area contributed by atoms with Crippen molar-refractivity contribution < 1.29 is 34.9 Å². The number of ether oxygens (including phenoxy) is 1. The number of aromatic nitrogens is 2. The molecule has 200 valence electrons. The van der Waals surface area contributed by atoms with Crippen LogP contribution in [-0.4, -0.2) is 69.5 Å². The van der Waals surface area contributed by atoms with E-state index in [9.17, 15) is 24.3 Å². The number of furan rings is 1. The van der Waals surface area contributed by atoms with E-state index in [0.717, 1.165) is 0 Å². The monoisotopic (exact) mass is 543 g/mol. The number of nitrogens with zero attached hydrogens (tertiary/aromatic N) is 3. The van der Waals surface area contributed by atoms with Crippen molar-refractivity contribution in [1.82, 2.24) is 14.9 Å². The number of rotatable bonds is 6. The molecule has 1 aliphatic carbocycles. The van der Waals surface area contributed by atoms with Gasteiger partial charge in [-0.1, -0.05) is 11.6 Å². The standard InChI is InChI=1S/C25H24ClN5O7.H2/c26-14-3-8-18(27-11-14)29-24(34)22-21(20-17(38-22)7-6-16(28-20)25(35)36)30-23(33)13-1-4-15(5-2-13)31-9-10-37-12-19(31)32;/h3,6-8,11,13,15H,1-2,4-5,9-10,12H2,(H,30,33)(H,35,36)(H,27,29,34);1H. The molecule has 1 aliphatic heterocycles. The Labute approximate surface area is 222 Å². The molecular formula is C25H26ClN5O7. The van der Waals surface area contributed by atoms with Gasteiger partial charge in [-0.2, -0.15) is 0 Å². The maximum absolute atomic E-state index is 13.3. The number of aromatic carboxylic acids is 1. The fraction of sp³-hybridized carbons (Fsp3) is 0.360. The van der Waals surface area contributed by atoms with Gasteiger partial charge in [-0.15, -0.1) is 0 Å². The van der Waals surface area contributed by atoms with E-state index in [1.54, 1.807) is 6.07 Å². The fourth-order valence-corrected chi connectivity index (χ4v) is 4.90. The van der Waals surface area contributed by atoms with Crippen LogP contribution in [-0.2, 0) is 14.3 Å². The number of hydrogen-bond donors (Lipinski definition) is 3. The lowest BCUT2D eigenvalue weighted by molar-refractivity contribution is -0.146. The molecule has 0 radical (unpaired) electrons. The number of nitrogens with one attached hydrogen (secondary N) is 2. The largest absolute Gasteiger partial charge is 0.477 e. The second-order valence-corrected chi connectivity index (χ2v) is 9.54. The van der Waals surface area contributed by atoms with Crippen LogP contribution in [0.2, 0.25) is 5.02 Å². The minimum atomic E-state index is -1.27. The van der Waals surface area contributed by atoms with E-state index in [-0.39, 0.29) is 65.9 Å². The van der Waals surface area contributed by atoms with Gasteiger partial charge in [0.15, 0.2) is 5.58 Å². The summed E-state index contributed by atoms with van der Waals surface area (Å²) in [7, 11) is 0. The van der Waals surface area contributed by atoms with Crippen molar-refractivity contribution in [2.45, 2.75) is 31.7 Å². The van der Waals surface area contributed by atoms with Crippen LogP contribution < -0.4 is 10.6 Å². The van der Waals surface area contributed by atoms with E-state index in [1.165, 1.54) is 24.4 Å². The zero-order valence-electron chi connectivity index (χ0n) is 20.1. The van der Waals surface area contributed by atoms with Crippen LogP contribution in [0.5, 0.6) is 0 Å². The number of pyridine rings is 2. The second kappa shape index (κ2) is 10.8. The highest BCUT2D eigenvalue weighted by Crippen LogP contribution is 2.34. The third-order valence-corrected chi connectivity index (χ3v) is 6.93. The van der Waals surface area contributed by atoms with Gasteiger partial charge in [0.25, 0.3) is 5.91 Å². The van der Waals surface area contributed by atoms with Gasteiger partial charge in [-0.25, -0.2) is 14.8 Å². The summed E-state index contributed by atoms with van der Waals surface area (Å²) in [5.41, 5.74) is -0.116. The number of carboxylic acid groups (broad SMARTS) is 1. The first-order chi connectivity index (χ1) is 18.3. The van der Waals surface area contributed by atoms with E-state index < -0.39 is 11.9 Å². The van der Waals surface area contributed by atoms with Crippen molar-refractivity contribution in [3.63, 3.8) is 0 Å². The number of halogens is 1. The molecule has 5 rings (SSSR count). The molecule has 1 saturated heterocycles. The molecule has 1 saturated carbocycles. The Bertz CT molecular complexity index is 1410. The number of fused-ring (bicyclic) bond motifs is 1. The van der Waals surface area contributed by atoms with Crippen molar-refractivity contribution in [1.29, 1.82) is 0 Å². The van der Waals surface area contributed by atoms with Crippen LogP contribution in [0, 0.1) is 5.92 Å². The number of hydrogen-bond acceptors (Lipinski definition) is 8. The molecule has 3 aromatic heterocycles. The number of carbonyl (C=O) groups is 4. The zero-order chi connectivity index (χ0) is 26.8. The topological polar surface area (TPSA) is 164 Å². The summed E-state index contributed by atoms with van der Waals surface area (Å²) in [5.74, 6) is -2.78. The Hall–Kier alpha value is -4.03. The van der Waals surface area contributed by atoms with Crippen molar-refractivity contribution in [3.05, 3.63) is 46.9 Å². The molecule has 3 N–H and O–H groups in total. The summed E-state index contributed by atoms with van der Waals surface area (Å²) >= 11 is 5.85. The lowest BCUT2D eigenvalue weighted by Crippen LogP contribution is -2.49. The van der Waals surface area contributed by atoms with Gasteiger partial charge >= 0.3 is 5.97 Å². The summed E-state index contributed by atoms with van der Waals surface area (Å²) in [6.07, 6.45) is 3.77. The molecule has 38 heavy (non-hydrogen) atoms. The molecule has 2 fully saturated rings. The molecule has 13 heteroatoms. The Morgan fingerprint density at radius 2 is 1.89 bits per heavy atom. The van der Waals surface area contributed by atoms with Crippen molar-refractivity contribution in [2.75, 3.05) is 30.4 Å². The maximum atomic E-state index is 13.3. The van der Waals surface area contributed by atoms with Crippen LogP contribution in [0.1, 0.15) is 48.2 Å². The maximum Gasteiger partial charge on any atom is 0.354 e. The normalized spacial score (nSPS) is 19.8. The van der Waals surface area contributed by atoms with Gasteiger partial charge in [0, 0.05) is 26.1 Å². The second-order valence-electron chi connectivity index (χ2n) is 9.10. The van der Waals surface area contributed by atoms with Gasteiger partial charge in [0.2, 0.25) is 17.6 Å². The smallest absolute Gasteiger partial charge is 0.354 e. The molecule has 4 heterocycles. The molecule has 0 spiro atoms. The molecule has 12 nitrogen and oxygen atoms in total. The predicted octanol–water partition coefficient (Wildman–Crippen LogP) is 3.43. The lowest BCUT2D eigenvalue weighted by atomic mass is 9.84. The van der Waals surface area contributed by atoms with E-state index in [1.807, 2.05) is 4.90 Å². The molecular weight excluding hydrogens is 518 g/mol. The van der Waals surface area contributed by atoms with E-state index in [2.05, 4.69) is 20.6 Å². The highest BCUT2D eigenvalue weighted by molar-refractivity contribution is 6.30. The van der Waals surface area contributed by atoms with Crippen LogP contribution in [0.25, 0.3) is 11.1 Å². The Kier molecular flexibility index (Phi) is 7.25. The molecule has 0 bridgehead atoms. The third kappa shape index (κ3) is 5.31. The molecule has 3 amide bonds. The van der Waals surface area contributed by atoms with Gasteiger partial charge in [-0.05, 0) is 49.9 Å². The minimum absolute atomic E-state index is 0. The summed E-state index contributed by atoms with van der Waals surface area (Å²) in [5, 5.41) is 15.1. The van der Waals surface area contributed by atoms with E-state index in [4.69, 9.17) is 20.8 Å². The van der Waals surface area contributed by atoms with Gasteiger partial charge < -0.3 is 29.8 Å². The highest BCUT2D eigenvalue weighted by atomic mass is 35.5. The molecule has 0 aromatic carbocycles. The molecule has 3 aromatic rings. The van der Waals surface area contributed by atoms with Crippen molar-refractivity contribution >= 4 is 57.9 Å². The Morgan fingerprint density at radius 3 is 2.58 bits per heavy atom. The number of amides is 3. The summed E-state index contributed by atoms with van der Waals surface area (Å²) < 4.78 is 10.9. The van der Waals surface area contributed by atoms with Gasteiger partial charge in [0.05, 0.1) is 11.6 Å². The predicted molar refractivity (Wildman–Crippen MR) is 137 cm³/mol. The Balaban J connectivity index is 0.00000353. The number of carbonyl (C=O) groups excluding carboxylic acids is 3. The zero-order valence-corrected chi connectivity index (χ0v) is 20.9. The summed E-state index contributed by atoms with van der Waals surface area (Å²) in [4.78, 5) is 60.0. The van der Waals surface area contributed by atoms with Gasteiger partial charge in [-0.3, -0.25) is 14.4 Å². The Morgan fingerprint density at radius 1 is 1.11 bits per heavy atom. The molecule has 2 aliphatic rings. The minimum Gasteiger partial charge on any atom is -0.477 e. The average molecular weight is 544 g/mol. The molecule has 0 atom stereocenters. The average Bonchev–Trinajstić information content (AvgIpc) is 3.28. The lowest BCUT2D eigenvalue weighted by Gasteiger charge is -2.38. The van der Waals surface area contributed by atoms with E-state index in [0.29, 0.717) is 43.9 Å². The molecule has 0 unspecified atom stereocenters. The third-order valence-electron chi connectivity index (χ3n) is 6.71. The highest BCUT2D eigenvalue weighted by Gasteiger charge is 2.34. The van der Waals surface area contributed by atoms with Crippen LogP contribution in [0.4, 0.5) is 11.5 Å². The number of carboxylic acids is 1. The summed E-state index contributed by atoms with van der Waals surface area (Å²) in [6.45, 7) is 1.12. The fourth-order valence-electron chi connectivity index (χ4n) is 4.79. The van der Waals surface area contributed by atoms with E-state index >= 15 is 0 Å². The van der Waals surface area contributed by atoms with Gasteiger partial charge in [0.1, 0.15) is 29.3 Å². The first-order valence-electron chi connectivity index (χ1n) is 12.1. The van der Waals surface area contributed by atoms with Crippen molar-refractivity contribution in [3.8, 4) is 0 Å². The van der Waals surface area contributed by atoms with Crippen LogP contribution >= 0.6 is 11.6 Å². The quantitative estimate of drug-likeness (QED) is 0.422. The first-order valence-corrected chi connectivity index (χ1v) is 12.5.